The van der Waals surface area contributed by atoms with Crippen molar-refractivity contribution in [2.24, 2.45) is 0 Å². The average Bonchev–Trinajstić information content (AvgIpc) is 3.30. The molecular weight excluding hydrogens is 485 g/mol. The summed E-state index contributed by atoms with van der Waals surface area (Å²) in [5, 5.41) is 5.45. The minimum absolute atomic E-state index is 0.0541. The van der Waals surface area contributed by atoms with Crippen LogP contribution in [0.1, 0.15) is 40.3 Å². The summed E-state index contributed by atoms with van der Waals surface area (Å²) in [5.74, 6) is 0. The first-order chi connectivity index (χ1) is 16.4. The van der Waals surface area contributed by atoms with Crippen LogP contribution in [0, 0.1) is 13.8 Å². The van der Waals surface area contributed by atoms with Crippen LogP contribution < -0.4 is 5.32 Å². The Morgan fingerprint density at radius 2 is 1.79 bits per heavy atom. The highest BCUT2D eigenvalue weighted by Crippen LogP contribution is 2.42. The standard InChI is InChI=1S/C26H23Cl2N5S/c1-16-13-20(17(2)33(16)23-7-6-19(27)14-21(23)28)25-24(22-5-3-4-10-30-22)31-26(34)32(25)15-18-8-11-29-12-9-18/h3-14,24-25H,15H2,1-2H3,(H,31,34)/t24-,25+/m0/s1. The predicted molar refractivity (Wildman–Crippen MR) is 140 cm³/mol. The summed E-state index contributed by atoms with van der Waals surface area (Å²) < 4.78 is 2.18. The van der Waals surface area contributed by atoms with Crippen LogP contribution in [0.25, 0.3) is 5.69 Å². The van der Waals surface area contributed by atoms with Gasteiger partial charge in [0.05, 0.1) is 28.5 Å². The van der Waals surface area contributed by atoms with Crippen molar-refractivity contribution in [3.8, 4) is 5.69 Å². The number of nitrogens with one attached hydrogen (secondary N) is 1. The minimum atomic E-state index is -0.0924. The van der Waals surface area contributed by atoms with E-state index in [1.54, 1.807) is 6.07 Å². The number of aromatic nitrogens is 3. The van der Waals surface area contributed by atoms with Crippen LogP contribution in [0.2, 0.25) is 10.0 Å². The van der Waals surface area contributed by atoms with Crippen LogP contribution in [-0.4, -0.2) is 24.5 Å². The Balaban J connectivity index is 1.63. The van der Waals surface area contributed by atoms with Crippen molar-refractivity contribution in [1.29, 1.82) is 0 Å². The van der Waals surface area contributed by atoms with E-state index in [0.717, 1.165) is 28.3 Å². The van der Waals surface area contributed by atoms with Gasteiger partial charge in [-0.1, -0.05) is 29.3 Å². The molecule has 3 aromatic heterocycles. The van der Waals surface area contributed by atoms with Crippen LogP contribution in [0.5, 0.6) is 0 Å². The zero-order valence-electron chi connectivity index (χ0n) is 18.7. The lowest BCUT2D eigenvalue weighted by atomic mass is 9.96. The van der Waals surface area contributed by atoms with E-state index in [9.17, 15) is 0 Å². The quantitative estimate of drug-likeness (QED) is 0.318. The summed E-state index contributed by atoms with van der Waals surface area (Å²) in [6.07, 6.45) is 5.43. The number of benzene rings is 1. The van der Waals surface area contributed by atoms with Crippen molar-refractivity contribution in [2.45, 2.75) is 32.5 Å². The predicted octanol–water partition coefficient (Wildman–Crippen LogP) is 6.36. The third-order valence-electron chi connectivity index (χ3n) is 6.24. The molecule has 1 N–H and O–H groups in total. The van der Waals surface area contributed by atoms with Crippen LogP contribution in [0.4, 0.5) is 0 Å². The molecule has 1 aromatic carbocycles. The summed E-state index contributed by atoms with van der Waals surface area (Å²) in [4.78, 5) is 11.0. The molecule has 0 aliphatic carbocycles. The number of nitrogens with zero attached hydrogens (tertiary/aromatic N) is 4. The molecule has 0 radical (unpaired) electrons. The highest BCUT2D eigenvalue weighted by molar-refractivity contribution is 7.80. The van der Waals surface area contributed by atoms with E-state index in [2.05, 4.69) is 44.7 Å². The second kappa shape index (κ2) is 9.37. The molecular formula is C26H23Cl2N5S. The van der Waals surface area contributed by atoms with Gasteiger partial charge in [-0.25, -0.2) is 0 Å². The van der Waals surface area contributed by atoms with Crippen LogP contribution in [-0.2, 0) is 6.54 Å². The van der Waals surface area contributed by atoms with Crippen molar-refractivity contribution < 1.29 is 0 Å². The number of halogens is 2. The molecule has 0 bridgehead atoms. The zero-order valence-corrected chi connectivity index (χ0v) is 21.1. The normalized spacial score (nSPS) is 17.8. The highest BCUT2D eigenvalue weighted by atomic mass is 35.5. The van der Waals surface area contributed by atoms with E-state index in [0.29, 0.717) is 21.7 Å². The molecule has 1 fully saturated rings. The van der Waals surface area contributed by atoms with Crippen LogP contribution >= 0.6 is 35.4 Å². The van der Waals surface area contributed by atoms with E-state index in [-0.39, 0.29) is 12.1 Å². The molecule has 5 nitrogen and oxygen atoms in total. The Morgan fingerprint density at radius 1 is 1.00 bits per heavy atom. The lowest BCUT2D eigenvalue weighted by Crippen LogP contribution is -2.29. The maximum absolute atomic E-state index is 6.60. The molecule has 0 unspecified atom stereocenters. The fraction of sp³-hybridized carbons (Fsp3) is 0.192. The van der Waals surface area contributed by atoms with Gasteiger partial charge >= 0.3 is 0 Å². The maximum Gasteiger partial charge on any atom is 0.170 e. The van der Waals surface area contributed by atoms with E-state index in [4.69, 9.17) is 35.4 Å². The smallest absolute Gasteiger partial charge is 0.170 e. The van der Waals surface area contributed by atoms with Gasteiger partial charge in [-0.05, 0) is 85.7 Å². The number of hydrogen-bond donors (Lipinski definition) is 1. The minimum Gasteiger partial charge on any atom is -0.352 e. The first-order valence-corrected chi connectivity index (χ1v) is 12.1. The van der Waals surface area contributed by atoms with Gasteiger partial charge in [0.15, 0.2) is 5.11 Å². The molecule has 172 valence electrons. The van der Waals surface area contributed by atoms with Crippen molar-refractivity contribution >= 4 is 40.5 Å². The average molecular weight is 508 g/mol. The Kier molecular flexibility index (Phi) is 6.30. The van der Waals surface area contributed by atoms with Crippen molar-refractivity contribution in [3.63, 3.8) is 0 Å². The van der Waals surface area contributed by atoms with Gasteiger partial charge in [0, 0.05) is 41.5 Å². The molecule has 8 heteroatoms. The van der Waals surface area contributed by atoms with Crippen LogP contribution in [0.3, 0.4) is 0 Å². The van der Waals surface area contributed by atoms with Gasteiger partial charge in [0.2, 0.25) is 0 Å². The third-order valence-corrected chi connectivity index (χ3v) is 7.13. The fourth-order valence-corrected chi connectivity index (χ4v) is 5.52. The summed E-state index contributed by atoms with van der Waals surface area (Å²) in [6, 6.07) is 17.7. The largest absolute Gasteiger partial charge is 0.352 e. The van der Waals surface area contributed by atoms with E-state index < -0.39 is 0 Å². The van der Waals surface area contributed by atoms with E-state index in [1.165, 1.54) is 5.56 Å². The molecule has 1 aliphatic heterocycles. The monoisotopic (exact) mass is 507 g/mol. The van der Waals surface area contributed by atoms with Gasteiger partial charge in [0.1, 0.15) is 0 Å². The molecule has 0 amide bonds. The van der Waals surface area contributed by atoms with Crippen molar-refractivity contribution in [1.82, 2.24) is 24.8 Å². The topological polar surface area (TPSA) is 46.0 Å². The van der Waals surface area contributed by atoms with Gasteiger partial charge in [-0.2, -0.15) is 0 Å². The number of hydrogen-bond acceptors (Lipinski definition) is 3. The Bertz CT molecular complexity index is 1340. The summed E-state index contributed by atoms with van der Waals surface area (Å²) in [6.45, 7) is 4.87. The number of thiocarbonyl (C=S) groups is 1. The maximum atomic E-state index is 6.60. The van der Waals surface area contributed by atoms with E-state index >= 15 is 0 Å². The first-order valence-electron chi connectivity index (χ1n) is 11.0. The molecule has 0 saturated carbocycles. The second-order valence-electron chi connectivity index (χ2n) is 8.37. The van der Waals surface area contributed by atoms with Gasteiger partial charge < -0.3 is 14.8 Å². The van der Waals surface area contributed by atoms with Gasteiger partial charge in [-0.3, -0.25) is 9.97 Å². The lowest BCUT2D eigenvalue weighted by Gasteiger charge is -2.28. The van der Waals surface area contributed by atoms with Crippen molar-refractivity contribution in [3.05, 3.63) is 111 Å². The number of pyridine rings is 2. The summed E-state index contributed by atoms with van der Waals surface area (Å²) >= 11 is 18.6. The van der Waals surface area contributed by atoms with Gasteiger partial charge in [0.25, 0.3) is 0 Å². The summed E-state index contributed by atoms with van der Waals surface area (Å²) in [7, 11) is 0. The van der Waals surface area contributed by atoms with E-state index in [1.807, 2.05) is 61.1 Å². The third kappa shape index (κ3) is 4.17. The molecule has 4 heterocycles. The SMILES string of the molecule is Cc1cc([C@@H]2[C@H](c3ccccn3)NC(=S)N2Cc2ccncc2)c(C)n1-c1ccc(Cl)cc1Cl. The Hall–Kier alpha value is -2.93. The fourth-order valence-electron chi connectivity index (χ4n) is 4.72. The highest BCUT2D eigenvalue weighted by Gasteiger charge is 2.41. The van der Waals surface area contributed by atoms with Gasteiger partial charge in [-0.15, -0.1) is 0 Å². The number of rotatable bonds is 5. The molecule has 34 heavy (non-hydrogen) atoms. The first kappa shape index (κ1) is 22.8. The van der Waals surface area contributed by atoms with Crippen LogP contribution in [0.15, 0.2) is 73.2 Å². The second-order valence-corrected chi connectivity index (χ2v) is 9.60. The molecule has 1 aliphatic rings. The Morgan fingerprint density at radius 3 is 2.50 bits per heavy atom. The number of aryl methyl sites for hydroxylation is 1. The lowest BCUT2D eigenvalue weighted by molar-refractivity contribution is 0.310. The summed E-state index contributed by atoms with van der Waals surface area (Å²) in [5.41, 5.74) is 6.33. The molecule has 2 atom stereocenters. The Labute approximate surface area is 214 Å². The zero-order chi connectivity index (χ0) is 23.8. The molecule has 1 saturated heterocycles. The molecule has 4 aromatic rings. The van der Waals surface area contributed by atoms with Crippen molar-refractivity contribution in [2.75, 3.05) is 0 Å². The molecule has 0 spiro atoms. The molecule has 5 rings (SSSR count).